The van der Waals surface area contributed by atoms with Gasteiger partial charge < -0.3 is 19.9 Å². The largest absolute Gasteiger partial charge is 0.493 e. The number of amides is 1. The molecule has 0 saturated carbocycles. The number of thiazole rings is 1. The third-order valence-electron chi connectivity index (χ3n) is 4.75. The molecule has 0 aliphatic heterocycles. The van der Waals surface area contributed by atoms with Crippen LogP contribution in [0.2, 0.25) is 5.02 Å². The molecule has 0 bridgehead atoms. The molecule has 0 aliphatic carbocycles. The molecular weight excluding hydrogens is 490 g/mol. The second kappa shape index (κ2) is 10.4. The molecule has 3 aromatic rings. The molecule has 33 heavy (non-hydrogen) atoms. The van der Waals surface area contributed by atoms with Crippen LogP contribution in [0.5, 0.6) is 11.5 Å². The van der Waals surface area contributed by atoms with Gasteiger partial charge in [-0.1, -0.05) is 11.6 Å². The summed E-state index contributed by atoms with van der Waals surface area (Å²) in [4.78, 5) is 16.3. The molecule has 0 saturated heterocycles. The third-order valence-corrected chi connectivity index (χ3v) is 7.57. The number of carbonyl (C=O) groups excluding carboxylic acids is 1. The van der Waals surface area contributed by atoms with E-state index in [0.29, 0.717) is 10.8 Å². The zero-order valence-electron chi connectivity index (χ0n) is 18.0. The number of anilines is 1. The molecule has 0 radical (unpaired) electrons. The predicted molar refractivity (Wildman–Crippen MR) is 126 cm³/mol. The van der Waals surface area contributed by atoms with Crippen molar-refractivity contribution >= 4 is 44.6 Å². The van der Waals surface area contributed by atoms with E-state index >= 15 is 0 Å². The average Bonchev–Trinajstić information content (AvgIpc) is 3.36. The number of aliphatic hydroxyl groups is 1. The number of likely N-dealkylation sites (N-methyl/N-ethyl adjacent to an activating group) is 1. The molecule has 1 amide bonds. The fraction of sp³-hybridized carbons (Fsp3) is 0.238. The number of aliphatic hydroxyl groups excluding tert-OH is 1. The van der Waals surface area contributed by atoms with E-state index in [1.807, 2.05) is 0 Å². The lowest BCUT2D eigenvalue weighted by Crippen LogP contribution is -2.40. The van der Waals surface area contributed by atoms with Gasteiger partial charge in [-0.25, -0.2) is 13.4 Å². The zero-order valence-corrected chi connectivity index (χ0v) is 20.4. The van der Waals surface area contributed by atoms with E-state index in [1.165, 1.54) is 75.2 Å². The molecular formula is C21H22ClN3O6S2. The van der Waals surface area contributed by atoms with Gasteiger partial charge in [0.1, 0.15) is 17.7 Å². The molecule has 3 rings (SSSR count). The standard InChI is InChI=1S/C21H22ClN3O6S2/c1-23-19(26)12-25(33(28,29)14-5-7-17(30-2)18(11-14)31-3)16-6-4-13(22)10-15(16)20(27)21-24-8-9-32-21/h4-11,20,27H,12H2,1-3H3,(H,23,26). The minimum Gasteiger partial charge on any atom is -0.493 e. The molecule has 9 nitrogen and oxygen atoms in total. The molecule has 2 N–H and O–H groups in total. The molecule has 176 valence electrons. The van der Waals surface area contributed by atoms with E-state index in [2.05, 4.69) is 10.3 Å². The van der Waals surface area contributed by atoms with Gasteiger partial charge in [0, 0.05) is 35.3 Å². The van der Waals surface area contributed by atoms with Gasteiger partial charge in [0.15, 0.2) is 11.5 Å². The highest BCUT2D eigenvalue weighted by atomic mass is 35.5. The summed E-state index contributed by atoms with van der Waals surface area (Å²) < 4.78 is 38.8. The minimum atomic E-state index is -4.29. The number of sulfonamides is 1. The maximum absolute atomic E-state index is 13.7. The number of carbonyl (C=O) groups is 1. The molecule has 1 aromatic heterocycles. The summed E-state index contributed by atoms with van der Waals surface area (Å²) in [5.74, 6) is 0.00184. The molecule has 0 aliphatic rings. The number of ether oxygens (including phenoxy) is 2. The first kappa shape index (κ1) is 24.8. The van der Waals surface area contributed by atoms with Crippen LogP contribution in [-0.4, -0.2) is 52.2 Å². The summed E-state index contributed by atoms with van der Waals surface area (Å²) in [6, 6.07) is 8.48. The van der Waals surface area contributed by atoms with Crippen molar-refractivity contribution in [3.8, 4) is 11.5 Å². The van der Waals surface area contributed by atoms with Gasteiger partial charge in [0.25, 0.3) is 10.0 Å². The lowest BCUT2D eigenvalue weighted by molar-refractivity contribution is -0.119. The van der Waals surface area contributed by atoms with Crippen molar-refractivity contribution in [3.05, 3.63) is 63.6 Å². The van der Waals surface area contributed by atoms with Gasteiger partial charge in [-0.3, -0.25) is 9.10 Å². The highest BCUT2D eigenvalue weighted by Crippen LogP contribution is 2.37. The van der Waals surface area contributed by atoms with Crippen molar-refractivity contribution < 1.29 is 27.8 Å². The SMILES string of the molecule is CNC(=O)CN(c1ccc(Cl)cc1C(O)c1nccs1)S(=O)(=O)c1ccc(OC)c(OC)c1. The highest BCUT2D eigenvalue weighted by Gasteiger charge is 2.32. The topological polar surface area (TPSA) is 118 Å². The van der Waals surface area contributed by atoms with E-state index in [9.17, 15) is 18.3 Å². The summed E-state index contributed by atoms with van der Waals surface area (Å²) in [5, 5.41) is 15.7. The Morgan fingerprint density at radius 1 is 1.21 bits per heavy atom. The van der Waals surface area contributed by atoms with Gasteiger partial charge in [0.2, 0.25) is 5.91 Å². The molecule has 2 aromatic carbocycles. The quantitative estimate of drug-likeness (QED) is 0.453. The first-order valence-electron chi connectivity index (χ1n) is 9.55. The number of benzene rings is 2. The fourth-order valence-corrected chi connectivity index (χ4v) is 5.37. The molecule has 1 unspecified atom stereocenters. The number of methoxy groups -OCH3 is 2. The summed E-state index contributed by atoms with van der Waals surface area (Å²) >= 11 is 7.36. The lowest BCUT2D eigenvalue weighted by Gasteiger charge is -2.27. The average molecular weight is 512 g/mol. The second-order valence-corrected chi connectivity index (χ2v) is 9.90. The van der Waals surface area contributed by atoms with Crippen LogP contribution < -0.4 is 19.1 Å². The van der Waals surface area contributed by atoms with Crippen molar-refractivity contribution in [2.24, 2.45) is 0 Å². The van der Waals surface area contributed by atoms with Crippen LogP contribution in [0.4, 0.5) is 5.69 Å². The minimum absolute atomic E-state index is 0.0838. The molecule has 1 atom stereocenters. The van der Waals surface area contributed by atoms with Crippen LogP contribution in [-0.2, 0) is 14.8 Å². The highest BCUT2D eigenvalue weighted by molar-refractivity contribution is 7.92. The van der Waals surface area contributed by atoms with Crippen LogP contribution in [0.25, 0.3) is 0 Å². The van der Waals surface area contributed by atoms with Gasteiger partial charge in [-0.2, -0.15) is 0 Å². The summed E-state index contributed by atoms with van der Waals surface area (Å²) in [6.07, 6.45) is 0.266. The van der Waals surface area contributed by atoms with Crippen LogP contribution in [0.1, 0.15) is 16.7 Å². The summed E-state index contributed by atoms with van der Waals surface area (Å²) in [6.45, 7) is -0.535. The van der Waals surface area contributed by atoms with Crippen LogP contribution in [0, 0.1) is 0 Å². The number of nitrogens with one attached hydrogen (secondary N) is 1. The summed E-state index contributed by atoms with van der Waals surface area (Å²) in [7, 11) is -0.0677. The van der Waals surface area contributed by atoms with Crippen molar-refractivity contribution in [3.63, 3.8) is 0 Å². The van der Waals surface area contributed by atoms with Gasteiger partial charge >= 0.3 is 0 Å². The van der Waals surface area contributed by atoms with Crippen molar-refractivity contribution in [2.45, 2.75) is 11.0 Å². The maximum atomic E-state index is 13.7. The number of rotatable bonds is 9. The van der Waals surface area contributed by atoms with Crippen LogP contribution >= 0.6 is 22.9 Å². The van der Waals surface area contributed by atoms with Crippen LogP contribution in [0.15, 0.2) is 52.9 Å². The molecule has 0 fully saturated rings. The number of hydrogen-bond acceptors (Lipinski definition) is 8. The first-order chi connectivity index (χ1) is 15.7. The first-order valence-corrected chi connectivity index (χ1v) is 12.2. The summed E-state index contributed by atoms with van der Waals surface area (Å²) in [5.41, 5.74) is 0.269. The van der Waals surface area contributed by atoms with Gasteiger partial charge in [-0.15, -0.1) is 11.3 Å². The predicted octanol–water partition coefficient (Wildman–Crippen LogP) is 2.84. The monoisotopic (exact) mass is 511 g/mol. The van der Waals surface area contributed by atoms with E-state index in [-0.39, 0.29) is 26.9 Å². The molecule has 12 heteroatoms. The smallest absolute Gasteiger partial charge is 0.264 e. The third kappa shape index (κ3) is 5.22. The van der Waals surface area contributed by atoms with Crippen molar-refractivity contribution in [1.82, 2.24) is 10.3 Å². The number of hydrogen-bond donors (Lipinski definition) is 2. The van der Waals surface area contributed by atoms with E-state index in [1.54, 1.807) is 5.38 Å². The Morgan fingerprint density at radius 3 is 2.55 bits per heavy atom. The van der Waals surface area contributed by atoms with E-state index < -0.39 is 28.6 Å². The second-order valence-electron chi connectivity index (χ2n) is 6.68. The van der Waals surface area contributed by atoms with Crippen molar-refractivity contribution in [2.75, 3.05) is 32.1 Å². The van der Waals surface area contributed by atoms with Crippen molar-refractivity contribution in [1.29, 1.82) is 0 Å². The number of halogens is 1. The van der Waals surface area contributed by atoms with E-state index in [0.717, 1.165) is 4.31 Å². The van der Waals surface area contributed by atoms with Crippen LogP contribution in [0.3, 0.4) is 0 Å². The Kier molecular flexibility index (Phi) is 7.80. The Bertz CT molecular complexity index is 1230. The van der Waals surface area contributed by atoms with Gasteiger partial charge in [-0.05, 0) is 30.3 Å². The maximum Gasteiger partial charge on any atom is 0.264 e. The molecule has 1 heterocycles. The van der Waals surface area contributed by atoms with E-state index in [4.69, 9.17) is 21.1 Å². The Morgan fingerprint density at radius 2 is 1.94 bits per heavy atom. The Labute approximate surface area is 200 Å². The lowest BCUT2D eigenvalue weighted by atomic mass is 10.1. The number of aromatic nitrogens is 1. The molecule has 0 spiro atoms. The number of nitrogens with zero attached hydrogens (tertiary/aromatic N) is 2. The van der Waals surface area contributed by atoms with Gasteiger partial charge in [0.05, 0.1) is 24.8 Å². The zero-order chi connectivity index (χ0) is 24.2. The Balaban J connectivity index is 2.19. The fourth-order valence-electron chi connectivity index (χ4n) is 3.09. The Hall–Kier alpha value is -2.86. The normalized spacial score (nSPS) is 12.2.